The molecule has 1 N–H and O–H groups in total. The molecule has 88 valence electrons. The van der Waals surface area contributed by atoms with Gasteiger partial charge in [-0.3, -0.25) is 4.48 Å². The van der Waals surface area contributed by atoms with E-state index in [0.717, 1.165) is 16.7 Å². The van der Waals surface area contributed by atoms with Crippen LogP contribution in [0.15, 0.2) is 54.6 Å². The standard InChI is InChI=1S/C15H17NO/c1-16(2,12-13-7-4-3-5-8-13)14-9-6-10-15(17)11-14/h3-11H,12H2,1-2H3/p+1. The van der Waals surface area contributed by atoms with Gasteiger partial charge in [-0.2, -0.15) is 0 Å². The van der Waals surface area contributed by atoms with Crippen LogP contribution >= 0.6 is 0 Å². The van der Waals surface area contributed by atoms with E-state index in [2.05, 4.69) is 38.4 Å². The number of aromatic hydroxyl groups is 1. The minimum absolute atomic E-state index is 0.321. The highest BCUT2D eigenvalue weighted by Gasteiger charge is 2.19. The molecule has 0 aliphatic rings. The lowest BCUT2D eigenvalue weighted by Crippen LogP contribution is -2.39. The summed E-state index contributed by atoms with van der Waals surface area (Å²) in [6, 6.07) is 17.8. The zero-order valence-electron chi connectivity index (χ0n) is 10.3. The molecular formula is C15H18NO+. The first-order chi connectivity index (χ1) is 8.08. The Morgan fingerprint density at radius 3 is 2.29 bits per heavy atom. The Morgan fingerprint density at radius 2 is 1.65 bits per heavy atom. The summed E-state index contributed by atoms with van der Waals surface area (Å²) in [5.41, 5.74) is 2.40. The van der Waals surface area contributed by atoms with Gasteiger partial charge in [0.1, 0.15) is 18.0 Å². The average molecular weight is 228 g/mol. The van der Waals surface area contributed by atoms with Gasteiger partial charge >= 0.3 is 0 Å². The lowest BCUT2D eigenvalue weighted by molar-refractivity contribution is 0.388. The van der Waals surface area contributed by atoms with E-state index in [1.54, 1.807) is 6.07 Å². The molecule has 0 aromatic heterocycles. The maximum Gasteiger partial charge on any atom is 0.136 e. The molecule has 0 atom stereocenters. The Morgan fingerprint density at radius 1 is 0.941 bits per heavy atom. The summed E-state index contributed by atoms with van der Waals surface area (Å²) in [5.74, 6) is 0.321. The molecule has 0 saturated heterocycles. The monoisotopic (exact) mass is 228 g/mol. The average Bonchev–Trinajstić information content (AvgIpc) is 2.30. The quantitative estimate of drug-likeness (QED) is 0.800. The Labute approximate surface area is 102 Å². The van der Waals surface area contributed by atoms with Crippen molar-refractivity contribution in [2.45, 2.75) is 6.54 Å². The van der Waals surface area contributed by atoms with Crippen molar-refractivity contribution in [1.82, 2.24) is 4.48 Å². The summed E-state index contributed by atoms with van der Waals surface area (Å²) >= 11 is 0. The Kier molecular flexibility index (Phi) is 3.16. The van der Waals surface area contributed by atoms with Gasteiger partial charge in [0, 0.05) is 11.6 Å². The number of phenolic OH excluding ortho intramolecular Hbond substituents is 1. The molecule has 2 heteroatoms. The molecule has 0 unspecified atom stereocenters. The zero-order valence-corrected chi connectivity index (χ0v) is 10.3. The lowest BCUT2D eigenvalue weighted by Gasteiger charge is -2.29. The van der Waals surface area contributed by atoms with Crippen LogP contribution in [-0.4, -0.2) is 19.2 Å². The summed E-state index contributed by atoms with van der Waals surface area (Å²) < 4.78 is 0.721. The van der Waals surface area contributed by atoms with Crippen LogP contribution in [0.2, 0.25) is 0 Å². The van der Waals surface area contributed by atoms with Gasteiger partial charge in [0.15, 0.2) is 0 Å². The molecule has 0 bridgehead atoms. The van der Waals surface area contributed by atoms with E-state index in [1.807, 2.05) is 24.3 Å². The minimum atomic E-state index is 0.321. The summed E-state index contributed by atoms with van der Waals surface area (Å²) in [6.45, 7) is 0.907. The van der Waals surface area contributed by atoms with Crippen LogP contribution in [0.3, 0.4) is 0 Å². The van der Waals surface area contributed by atoms with Gasteiger partial charge < -0.3 is 5.11 Å². The lowest BCUT2D eigenvalue weighted by atomic mass is 10.1. The predicted molar refractivity (Wildman–Crippen MR) is 71.9 cm³/mol. The van der Waals surface area contributed by atoms with Gasteiger partial charge in [-0.1, -0.05) is 36.4 Å². The number of rotatable bonds is 3. The fourth-order valence-corrected chi connectivity index (χ4v) is 2.00. The molecule has 0 aliphatic carbocycles. The van der Waals surface area contributed by atoms with Crippen LogP contribution in [0.1, 0.15) is 5.56 Å². The number of benzene rings is 2. The van der Waals surface area contributed by atoms with E-state index in [9.17, 15) is 5.11 Å². The molecule has 17 heavy (non-hydrogen) atoms. The highest BCUT2D eigenvalue weighted by molar-refractivity contribution is 5.46. The van der Waals surface area contributed by atoms with E-state index in [-0.39, 0.29) is 0 Å². The number of hydrogen-bond donors (Lipinski definition) is 1. The maximum absolute atomic E-state index is 9.53. The first-order valence-corrected chi connectivity index (χ1v) is 5.74. The topological polar surface area (TPSA) is 20.2 Å². The van der Waals surface area contributed by atoms with Crippen LogP contribution < -0.4 is 4.48 Å². The molecular weight excluding hydrogens is 210 g/mol. The van der Waals surface area contributed by atoms with Gasteiger partial charge in [0.25, 0.3) is 0 Å². The van der Waals surface area contributed by atoms with Crippen LogP contribution in [-0.2, 0) is 6.54 Å². The normalized spacial score (nSPS) is 11.4. The van der Waals surface area contributed by atoms with Crippen molar-refractivity contribution in [2.75, 3.05) is 14.1 Å². The summed E-state index contributed by atoms with van der Waals surface area (Å²) in [5, 5.41) is 9.53. The van der Waals surface area contributed by atoms with Gasteiger partial charge in [-0.15, -0.1) is 0 Å². The summed E-state index contributed by atoms with van der Waals surface area (Å²) in [4.78, 5) is 0. The largest absolute Gasteiger partial charge is 0.508 e. The van der Waals surface area contributed by atoms with Crippen LogP contribution in [0.25, 0.3) is 0 Å². The number of phenols is 1. The summed E-state index contributed by atoms with van der Waals surface area (Å²) in [7, 11) is 4.28. The SMILES string of the molecule is C[N+](C)(Cc1ccccc1)c1cccc(O)c1. The third kappa shape index (κ3) is 2.86. The molecule has 2 aromatic carbocycles. The number of hydrogen-bond acceptors (Lipinski definition) is 1. The maximum atomic E-state index is 9.53. The van der Waals surface area contributed by atoms with E-state index in [1.165, 1.54) is 5.56 Å². The van der Waals surface area contributed by atoms with Gasteiger partial charge in [0.2, 0.25) is 0 Å². The third-order valence-corrected chi connectivity index (χ3v) is 2.95. The first-order valence-electron chi connectivity index (χ1n) is 5.74. The van der Waals surface area contributed by atoms with E-state index in [0.29, 0.717) is 5.75 Å². The Hall–Kier alpha value is -1.80. The van der Waals surface area contributed by atoms with Crippen molar-refractivity contribution in [3.63, 3.8) is 0 Å². The zero-order chi connectivity index (χ0) is 12.3. The van der Waals surface area contributed by atoms with Gasteiger partial charge in [-0.25, -0.2) is 0 Å². The number of nitrogens with zero attached hydrogens (tertiary/aromatic N) is 1. The second-order valence-electron chi connectivity index (χ2n) is 4.85. The molecule has 2 aromatic rings. The Bertz CT molecular complexity index is 491. The first kappa shape index (κ1) is 11.7. The van der Waals surface area contributed by atoms with E-state index in [4.69, 9.17) is 0 Å². The molecule has 0 radical (unpaired) electrons. The fourth-order valence-electron chi connectivity index (χ4n) is 2.00. The van der Waals surface area contributed by atoms with Crippen molar-refractivity contribution in [3.8, 4) is 5.75 Å². The van der Waals surface area contributed by atoms with Crippen molar-refractivity contribution >= 4 is 5.69 Å². The molecule has 0 heterocycles. The fraction of sp³-hybridized carbons (Fsp3) is 0.200. The Balaban J connectivity index is 2.25. The smallest absolute Gasteiger partial charge is 0.136 e. The van der Waals surface area contributed by atoms with Crippen molar-refractivity contribution in [1.29, 1.82) is 0 Å². The van der Waals surface area contributed by atoms with Crippen molar-refractivity contribution in [2.24, 2.45) is 0 Å². The third-order valence-electron chi connectivity index (χ3n) is 2.95. The molecule has 0 aliphatic heterocycles. The minimum Gasteiger partial charge on any atom is -0.508 e. The molecule has 2 nitrogen and oxygen atoms in total. The van der Waals surface area contributed by atoms with Crippen LogP contribution in [0, 0.1) is 0 Å². The molecule has 0 saturated carbocycles. The molecule has 0 spiro atoms. The van der Waals surface area contributed by atoms with E-state index < -0.39 is 0 Å². The second kappa shape index (κ2) is 4.60. The van der Waals surface area contributed by atoms with Gasteiger partial charge in [0.05, 0.1) is 14.1 Å². The molecule has 0 amide bonds. The van der Waals surface area contributed by atoms with Crippen molar-refractivity contribution in [3.05, 3.63) is 60.2 Å². The predicted octanol–water partition coefficient (Wildman–Crippen LogP) is 3.16. The highest BCUT2D eigenvalue weighted by Crippen LogP contribution is 2.25. The summed E-state index contributed by atoms with van der Waals surface area (Å²) in [6.07, 6.45) is 0. The number of quaternary nitrogens is 1. The molecule has 2 rings (SSSR count). The van der Waals surface area contributed by atoms with E-state index >= 15 is 0 Å². The van der Waals surface area contributed by atoms with Crippen LogP contribution in [0.5, 0.6) is 5.75 Å². The molecule has 0 fully saturated rings. The van der Waals surface area contributed by atoms with Crippen molar-refractivity contribution < 1.29 is 5.11 Å². The van der Waals surface area contributed by atoms with Gasteiger partial charge in [-0.05, 0) is 12.1 Å². The van der Waals surface area contributed by atoms with Crippen LogP contribution in [0.4, 0.5) is 5.69 Å². The highest BCUT2D eigenvalue weighted by atomic mass is 16.3. The second-order valence-corrected chi connectivity index (χ2v) is 4.85.